The standard InChI is InChI=1S/C19H30N4P2/c20-10-1-5-14-24(15-6-2-11-21)18-9-19-25(16-7-3-12-22)17-8-4-13-23/h1-9,14-19H2. The summed E-state index contributed by atoms with van der Waals surface area (Å²) in [6.45, 7) is 0. The van der Waals surface area contributed by atoms with Crippen LogP contribution in [0.1, 0.15) is 57.8 Å². The third kappa shape index (κ3) is 16.1. The smallest absolute Gasteiger partial charge is 0.0621 e. The van der Waals surface area contributed by atoms with Crippen LogP contribution in [0.5, 0.6) is 0 Å². The maximum Gasteiger partial charge on any atom is 0.0621 e. The summed E-state index contributed by atoms with van der Waals surface area (Å²) in [6.07, 6.45) is 14.9. The van der Waals surface area contributed by atoms with Crippen molar-refractivity contribution in [3.8, 4) is 24.3 Å². The largest absolute Gasteiger partial charge is 0.198 e. The molecule has 25 heavy (non-hydrogen) atoms. The highest BCUT2D eigenvalue weighted by Gasteiger charge is 2.11. The zero-order valence-corrected chi connectivity index (χ0v) is 17.1. The van der Waals surface area contributed by atoms with E-state index in [1.165, 1.54) is 18.7 Å². The molecule has 0 aliphatic heterocycles. The lowest BCUT2D eigenvalue weighted by atomic mass is 10.4. The van der Waals surface area contributed by atoms with Gasteiger partial charge in [0, 0.05) is 25.7 Å². The lowest BCUT2D eigenvalue weighted by Gasteiger charge is -2.20. The fourth-order valence-electron chi connectivity index (χ4n) is 2.72. The van der Waals surface area contributed by atoms with Crippen LogP contribution >= 0.6 is 15.8 Å². The monoisotopic (exact) mass is 376 g/mol. The Morgan fingerprint density at radius 1 is 0.400 bits per heavy atom. The fourth-order valence-corrected chi connectivity index (χ4v) is 7.94. The van der Waals surface area contributed by atoms with E-state index in [9.17, 15) is 0 Å². The summed E-state index contributed by atoms with van der Waals surface area (Å²) in [4.78, 5) is 0. The molecule has 0 atom stereocenters. The molecule has 0 aliphatic carbocycles. The SMILES string of the molecule is N#CCCCP(CCCC#N)CCCP(CCCC#N)CCCC#N. The predicted molar refractivity (Wildman–Crippen MR) is 107 cm³/mol. The Labute approximate surface area is 156 Å². The highest BCUT2D eigenvalue weighted by atomic mass is 31.1. The molecule has 0 rings (SSSR count). The van der Waals surface area contributed by atoms with Crippen LogP contribution in [0.15, 0.2) is 0 Å². The molecule has 0 unspecified atom stereocenters. The minimum atomic E-state index is -0.0430. The van der Waals surface area contributed by atoms with E-state index in [0.717, 1.165) is 50.3 Å². The van der Waals surface area contributed by atoms with Crippen LogP contribution < -0.4 is 0 Å². The van der Waals surface area contributed by atoms with Crippen LogP contribution in [-0.2, 0) is 0 Å². The third-order valence-corrected chi connectivity index (χ3v) is 9.69. The number of nitrogens with zero attached hydrogens (tertiary/aromatic N) is 4. The van der Waals surface area contributed by atoms with Gasteiger partial charge in [-0.15, -0.1) is 15.8 Å². The summed E-state index contributed by atoms with van der Waals surface area (Å²) >= 11 is 0. The van der Waals surface area contributed by atoms with Gasteiger partial charge >= 0.3 is 0 Å². The molecule has 0 amide bonds. The average molecular weight is 376 g/mol. The summed E-state index contributed by atoms with van der Waals surface area (Å²) < 4.78 is 0. The predicted octanol–water partition coefficient (Wildman–Crippen LogP) is 5.56. The zero-order chi connectivity index (χ0) is 18.6. The molecule has 0 saturated heterocycles. The van der Waals surface area contributed by atoms with Gasteiger partial charge in [0.15, 0.2) is 0 Å². The summed E-state index contributed by atoms with van der Waals surface area (Å²) in [5.41, 5.74) is 0. The molecule has 0 heterocycles. The molecule has 0 N–H and O–H groups in total. The second-order valence-corrected chi connectivity index (χ2v) is 11.5. The van der Waals surface area contributed by atoms with Gasteiger partial charge in [-0.05, 0) is 69.1 Å². The molecule has 0 fully saturated rings. The van der Waals surface area contributed by atoms with Crippen LogP contribution in [0.2, 0.25) is 0 Å². The van der Waals surface area contributed by atoms with Gasteiger partial charge in [0.1, 0.15) is 0 Å². The summed E-state index contributed by atoms with van der Waals surface area (Å²) in [5, 5.41) is 34.9. The van der Waals surface area contributed by atoms with Gasteiger partial charge in [-0.25, -0.2) is 0 Å². The van der Waals surface area contributed by atoms with Crippen molar-refractivity contribution in [2.75, 3.05) is 37.0 Å². The van der Waals surface area contributed by atoms with Gasteiger partial charge < -0.3 is 0 Å². The van der Waals surface area contributed by atoms with E-state index in [1.807, 2.05) is 0 Å². The highest BCUT2D eigenvalue weighted by molar-refractivity contribution is 7.58. The minimum absolute atomic E-state index is 0.0430. The molecule has 0 aromatic carbocycles. The van der Waals surface area contributed by atoms with Crippen molar-refractivity contribution in [2.24, 2.45) is 0 Å². The van der Waals surface area contributed by atoms with Gasteiger partial charge in [0.25, 0.3) is 0 Å². The number of hydrogen-bond acceptors (Lipinski definition) is 4. The molecule has 6 heteroatoms. The van der Waals surface area contributed by atoms with Gasteiger partial charge in [-0.1, -0.05) is 0 Å². The number of hydrogen-bond donors (Lipinski definition) is 0. The van der Waals surface area contributed by atoms with Gasteiger partial charge in [0.2, 0.25) is 0 Å². The molecule has 4 nitrogen and oxygen atoms in total. The van der Waals surface area contributed by atoms with Crippen LogP contribution in [0, 0.1) is 45.3 Å². The second kappa shape index (κ2) is 19.1. The van der Waals surface area contributed by atoms with E-state index in [4.69, 9.17) is 21.0 Å². The topological polar surface area (TPSA) is 95.2 Å². The Kier molecular flexibility index (Phi) is 18.2. The lowest BCUT2D eigenvalue weighted by Crippen LogP contribution is -2.01. The molecular formula is C19H30N4P2. The van der Waals surface area contributed by atoms with E-state index in [2.05, 4.69) is 24.3 Å². The maximum atomic E-state index is 8.72. The first-order valence-corrected chi connectivity index (χ1v) is 13.0. The van der Waals surface area contributed by atoms with E-state index in [0.29, 0.717) is 25.7 Å². The molecular weight excluding hydrogens is 346 g/mol. The van der Waals surface area contributed by atoms with Crippen molar-refractivity contribution in [1.29, 1.82) is 21.0 Å². The Bertz CT molecular complexity index is 398. The molecule has 0 aliphatic rings. The normalized spacial score (nSPS) is 10.2. The Balaban J connectivity index is 4.23. The van der Waals surface area contributed by atoms with Crippen molar-refractivity contribution < 1.29 is 0 Å². The maximum absolute atomic E-state index is 8.72. The second-order valence-electron chi connectivity index (χ2n) is 6.08. The summed E-state index contributed by atoms with van der Waals surface area (Å²) in [7, 11) is -0.0861. The first kappa shape index (κ1) is 23.8. The van der Waals surface area contributed by atoms with Crippen LogP contribution in [0.4, 0.5) is 0 Å². The van der Waals surface area contributed by atoms with Crippen LogP contribution in [-0.4, -0.2) is 37.0 Å². The number of unbranched alkanes of at least 4 members (excludes halogenated alkanes) is 4. The first-order chi connectivity index (χ1) is 12.3. The van der Waals surface area contributed by atoms with Crippen molar-refractivity contribution in [2.45, 2.75) is 57.8 Å². The van der Waals surface area contributed by atoms with E-state index >= 15 is 0 Å². The van der Waals surface area contributed by atoms with Gasteiger partial charge in [-0.2, -0.15) is 21.0 Å². The molecule has 0 saturated carbocycles. The highest BCUT2D eigenvalue weighted by Crippen LogP contribution is 2.43. The Morgan fingerprint density at radius 2 is 0.640 bits per heavy atom. The van der Waals surface area contributed by atoms with Crippen molar-refractivity contribution in [1.82, 2.24) is 0 Å². The molecule has 0 aromatic rings. The van der Waals surface area contributed by atoms with Gasteiger partial charge in [0.05, 0.1) is 24.3 Å². The number of nitriles is 4. The molecule has 0 bridgehead atoms. The van der Waals surface area contributed by atoms with Crippen LogP contribution in [0.3, 0.4) is 0 Å². The van der Waals surface area contributed by atoms with Crippen LogP contribution in [0.25, 0.3) is 0 Å². The fraction of sp³-hybridized carbons (Fsp3) is 0.789. The first-order valence-electron chi connectivity index (χ1n) is 9.21. The molecule has 0 spiro atoms. The van der Waals surface area contributed by atoms with Crippen molar-refractivity contribution in [3.05, 3.63) is 0 Å². The zero-order valence-electron chi connectivity index (χ0n) is 15.3. The summed E-state index contributed by atoms with van der Waals surface area (Å²) in [6, 6.07) is 8.92. The van der Waals surface area contributed by atoms with Crippen molar-refractivity contribution in [3.63, 3.8) is 0 Å². The summed E-state index contributed by atoms with van der Waals surface area (Å²) in [5.74, 6) is 0. The quantitative estimate of drug-likeness (QED) is 0.260. The Morgan fingerprint density at radius 3 is 0.880 bits per heavy atom. The van der Waals surface area contributed by atoms with Gasteiger partial charge in [-0.3, -0.25) is 0 Å². The minimum Gasteiger partial charge on any atom is -0.198 e. The molecule has 0 aromatic heterocycles. The lowest BCUT2D eigenvalue weighted by molar-refractivity contribution is 0.924. The molecule has 136 valence electrons. The Hall–Kier alpha value is -1.18. The van der Waals surface area contributed by atoms with E-state index < -0.39 is 0 Å². The van der Waals surface area contributed by atoms with Crippen molar-refractivity contribution >= 4 is 15.8 Å². The third-order valence-electron chi connectivity index (χ3n) is 4.00. The average Bonchev–Trinajstić information content (AvgIpc) is 2.61. The van der Waals surface area contributed by atoms with E-state index in [-0.39, 0.29) is 15.8 Å². The number of rotatable bonds is 16. The molecule has 0 radical (unpaired) electrons. The van der Waals surface area contributed by atoms with E-state index in [1.54, 1.807) is 0 Å².